The second-order valence-electron chi connectivity index (χ2n) is 3.51. The minimum Gasteiger partial charge on any atom is -0.492 e. The third-order valence-corrected chi connectivity index (χ3v) is 2.53. The second kappa shape index (κ2) is 3.89. The molecule has 0 heterocycles. The molecule has 0 spiro atoms. The molecule has 14 heavy (non-hydrogen) atoms. The minimum atomic E-state index is 0.518. The normalized spacial score (nSPS) is 14.9. The van der Waals surface area contributed by atoms with Crippen LogP contribution in [0.2, 0.25) is 5.02 Å². The molecule has 1 aromatic rings. The summed E-state index contributed by atoms with van der Waals surface area (Å²) in [4.78, 5) is 0. The molecule has 0 aliphatic heterocycles. The summed E-state index contributed by atoms with van der Waals surface area (Å²) in [6, 6.07) is 7.13. The molecule has 2 rings (SSSR count). The average Bonchev–Trinajstić information content (AvgIpc) is 2.99. The number of nitriles is 1. The summed E-state index contributed by atoms with van der Waals surface area (Å²) in [6.07, 6.45) is 2.52. The first-order valence-electron chi connectivity index (χ1n) is 4.62. The smallest absolute Gasteiger partial charge is 0.137 e. The molecule has 1 fully saturated rings. The van der Waals surface area contributed by atoms with Gasteiger partial charge in [0.1, 0.15) is 5.75 Å². The van der Waals surface area contributed by atoms with Gasteiger partial charge in [-0.05, 0) is 37.0 Å². The highest BCUT2D eigenvalue weighted by Gasteiger charge is 2.22. The molecular formula is C11H10ClNO. The van der Waals surface area contributed by atoms with Crippen molar-refractivity contribution >= 4 is 11.6 Å². The third kappa shape index (κ3) is 2.18. The van der Waals surface area contributed by atoms with Crippen LogP contribution < -0.4 is 4.74 Å². The zero-order chi connectivity index (χ0) is 9.97. The van der Waals surface area contributed by atoms with Crippen LogP contribution in [0.15, 0.2) is 18.2 Å². The van der Waals surface area contributed by atoms with Gasteiger partial charge in [0.25, 0.3) is 0 Å². The highest BCUT2D eigenvalue weighted by Crippen LogP contribution is 2.31. The van der Waals surface area contributed by atoms with Gasteiger partial charge in [0, 0.05) is 0 Å². The van der Waals surface area contributed by atoms with Gasteiger partial charge < -0.3 is 4.74 Å². The lowest BCUT2D eigenvalue weighted by Crippen LogP contribution is -1.99. The van der Waals surface area contributed by atoms with Crippen molar-refractivity contribution < 1.29 is 4.74 Å². The Morgan fingerprint density at radius 3 is 2.86 bits per heavy atom. The van der Waals surface area contributed by atoms with Gasteiger partial charge in [-0.2, -0.15) is 5.26 Å². The van der Waals surface area contributed by atoms with Crippen molar-refractivity contribution in [2.75, 3.05) is 6.61 Å². The number of rotatable bonds is 3. The van der Waals surface area contributed by atoms with E-state index in [0.29, 0.717) is 22.3 Å². The van der Waals surface area contributed by atoms with E-state index in [1.54, 1.807) is 18.2 Å². The van der Waals surface area contributed by atoms with E-state index >= 15 is 0 Å². The second-order valence-corrected chi connectivity index (χ2v) is 3.92. The van der Waals surface area contributed by atoms with Crippen LogP contribution in [0.3, 0.4) is 0 Å². The van der Waals surface area contributed by atoms with Gasteiger partial charge >= 0.3 is 0 Å². The monoisotopic (exact) mass is 207 g/mol. The fourth-order valence-corrected chi connectivity index (χ4v) is 1.41. The minimum absolute atomic E-state index is 0.518. The van der Waals surface area contributed by atoms with Gasteiger partial charge in [0.2, 0.25) is 0 Å². The average molecular weight is 208 g/mol. The molecule has 0 aromatic heterocycles. The highest BCUT2D eigenvalue weighted by atomic mass is 35.5. The van der Waals surface area contributed by atoms with E-state index in [1.807, 2.05) is 6.07 Å². The molecule has 0 amide bonds. The summed E-state index contributed by atoms with van der Waals surface area (Å²) in [5, 5.41) is 9.15. The molecule has 1 aliphatic rings. The van der Waals surface area contributed by atoms with E-state index in [4.69, 9.17) is 21.6 Å². The van der Waals surface area contributed by atoms with Crippen molar-refractivity contribution in [2.24, 2.45) is 5.92 Å². The first-order chi connectivity index (χ1) is 6.79. The third-order valence-electron chi connectivity index (χ3n) is 2.23. The van der Waals surface area contributed by atoms with Crippen LogP contribution in [0.5, 0.6) is 5.75 Å². The van der Waals surface area contributed by atoms with Gasteiger partial charge in [-0.25, -0.2) is 0 Å². The molecule has 72 valence electrons. The lowest BCUT2D eigenvalue weighted by molar-refractivity contribution is 0.300. The Hall–Kier alpha value is -1.20. The molecular weight excluding hydrogens is 198 g/mol. The molecule has 1 aromatic carbocycles. The van der Waals surface area contributed by atoms with Gasteiger partial charge in [0.15, 0.2) is 0 Å². The zero-order valence-electron chi connectivity index (χ0n) is 7.66. The Labute approximate surface area is 88.1 Å². The Morgan fingerprint density at radius 1 is 1.50 bits per heavy atom. The van der Waals surface area contributed by atoms with E-state index in [9.17, 15) is 0 Å². The number of benzene rings is 1. The van der Waals surface area contributed by atoms with Gasteiger partial charge in [-0.3, -0.25) is 0 Å². The maximum Gasteiger partial charge on any atom is 0.137 e. The summed E-state index contributed by atoms with van der Waals surface area (Å²) < 4.78 is 5.52. The summed E-state index contributed by atoms with van der Waals surface area (Å²) in [5.74, 6) is 1.39. The van der Waals surface area contributed by atoms with Crippen LogP contribution >= 0.6 is 11.6 Å². The topological polar surface area (TPSA) is 33.0 Å². The molecule has 2 nitrogen and oxygen atoms in total. The Kier molecular flexibility index (Phi) is 2.60. The van der Waals surface area contributed by atoms with Gasteiger partial charge in [-0.1, -0.05) is 11.6 Å². The zero-order valence-corrected chi connectivity index (χ0v) is 8.42. The van der Waals surface area contributed by atoms with Crippen molar-refractivity contribution in [1.82, 2.24) is 0 Å². The molecule has 1 aliphatic carbocycles. The fourth-order valence-electron chi connectivity index (χ4n) is 1.18. The quantitative estimate of drug-likeness (QED) is 0.764. The number of hydrogen-bond donors (Lipinski definition) is 0. The number of nitrogens with zero attached hydrogens (tertiary/aromatic N) is 1. The molecule has 1 saturated carbocycles. The van der Waals surface area contributed by atoms with Crippen LogP contribution in [-0.4, -0.2) is 6.61 Å². The maximum absolute atomic E-state index is 8.63. The predicted molar refractivity (Wildman–Crippen MR) is 54.4 cm³/mol. The lowest BCUT2D eigenvalue weighted by Gasteiger charge is -2.06. The summed E-state index contributed by atoms with van der Waals surface area (Å²) in [6.45, 7) is 0.742. The van der Waals surface area contributed by atoms with Crippen molar-refractivity contribution in [3.8, 4) is 11.8 Å². The van der Waals surface area contributed by atoms with Gasteiger partial charge in [-0.15, -0.1) is 0 Å². The van der Waals surface area contributed by atoms with E-state index < -0.39 is 0 Å². The molecule has 0 unspecified atom stereocenters. The van der Waals surface area contributed by atoms with Crippen molar-refractivity contribution in [1.29, 1.82) is 5.26 Å². The van der Waals surface area contributed by atoms with E-state index in [-0.39, 0.29) is 0 Å². The Balaban J connectivity index is 2.05. The van der Waals surface area contributed by atoms with Crippen LogP contribution in [0.1, 0.15) is 18.4 Å². The van der Waals surface area contributed by atoms with E-state index in [2.05, 4.69) is 0 Å². The standard InChI is InChI=1S/C11H10ClNO/c12-10-5-9(6-13)3-4-11(10)14-7-8-1-2-8/h3-5,8H,1-2,7H2. The SMILES string of the molecule is N#Cc1ccc(OCC2CC2)c(Cl)c1. The molecule has 0 bridgehead atoms. The van der Waals surface area contributed by atoms with E-state index in [1.165, 1.54) is 12.8 Å². The Morgan fingerprint density at radius 2 is 2.29 bits per heavy atom. The fraction of sp³-hybridized carbons (Fsp3) is 0.364. The highest BCUT2D eigenvalue weighted by molar-refractivity contribution is 6.32. The van der Waals surface area contributed by atoms with Crippen LogP contribution in [0, 0.1) is 17.2 Å². The van der Waals surface area contributed by atoms with Gasteiger partial charge in [0.05, 0.1) is 23.3 Å². The summed E-state index contributed by atoms with van der Waals surface area (Å²) >= 11 is 5.94. The number of hydrogen-bond acceptors (Lipinski definition) is 2. The van der Waals surface area contributed by atoms with Crippen molar-refractivity contribution in [3.63, 3.8) is 0 Å². The van der Waals surface area contributed by atoms with Crippen LogP contribution in [0.4, 0.5) is 0 Å². The predicted octanol–water partition coefficient (Wildman–Crippen LogP) is 3.00. The molecule has 0 N–H and O–H groups in total. The molecule has 0 radical (unpaired) electrons. The van der Waals surface area contributed by atoms with Crippen LogP contribution in [-0.2, 0) is 0 Å². The summed E-state index contributed by atoms with van der Waals surface area (Å²) in [7, 11) is 0. The largest absolute Gasteiger partial charge is 0.492 e. The van der Waals surface area contributed by atoms with Crippen molar-refractivity contribution in [3.05, 3.63) is 28.8 Å². The lowest BCUT2D eigenvalue weighted by atomic mass is 10.2. The molecule has 3 heteroatoms. The molecule has 0 saturated heterocycles. The van der Waals surface area contributed by atoms with Crippen molar-refractivity contribution in [2.45, 2.75) is 12.8 Å². The first-order valence-corrected chi connectivity index (χ1v) is 5.00. The molecule has 0 atom stereocenters. The van der Waals surface area contributed by atoms with E-state index in [0.717, 1.165) is 6.61 Å². The first kappa shape index (κ1) is 9.36. The number of ether oxygens (including phenoxy) is 1. The Bertz CT molecular complexity index is 379. The number of halogens is 1. The maximum atomic E-state index is 8.63. The summed E-state index contributed by atoms with van der Waals surface area (Å²) in [5.41, 5.74) is 0.564. The van der Waals surface area contributed by atoms with Crippen LogP contribution in [0.25, 0.3) is 0 Å².